The lowest BCUT2D eigenvalue weighted by atomic mass is 10.2. The Morgan fingerprint density at radius 3 is 2.74 bits per heavy atom. The number of hydrogen-bond acceptors (Lipinski definition) is 3. The van der Waals surface area contributed by atoms with Crippen LogP contribution in [0.25, 0.3) is 11.1 Å². The SMILES string of the molecule is Cc1cc(Br)ccc1NC(=O)C(C)n1c(=O)oc2ccccc21. The quantitative estimate of drug-likeness (QED) is 0.756. The molecule has 1 heterocycles. The molecule has 23 heavy (non-hydrogen) atoms. The maximum Gasteiger partial charge on any atom is 0.420 e. The van der Waals surface area contributed by atoms with Crippen molar-refractivity contribution in [3.63, 3.8) is 0 Å². The second-order valence-electron chi connectivity index (χ2n) is 5.33. The number of fused-ring (bicyclic) bond motifs is 1. The first-order valence-electron chi connectivity index (χ1n) is 7.14. The molecule has 6 heteroatoms. The van der Waals surface area contributed by atoms with Gasteiger partial charge in [0.25, 0.3) is 0 Å². The van der Waals surface area contributed by atoms with Gasteiger partial charge in [-0.25, -0.2) is 4.79 Å². The van der Waals surface area contributed by atoms with E-state index in [2.05, 4.69) is 21.2 Å². The van der Waals surface area contributed by atoms with E-state index in [1.165, 1.54) is 4.57 Å². The molecule has 0 aliphatic carbocycles. The lowest BCUT2D eigenvalue weighted by Gasteiger charge is -2.14. The van der Waals surface area contributed by atoms with Crippen molar-refractivity contribution in [2.24, 2.45) is 0 Å². The first-order valence-corrected chi connectivity index (χ1v) is 7.94. The Morgan fingerprint density at radius 1 is 1.26 bits per heavy atom. The number of amides is 1. The molecule has 0 radical (unpaired) electrons. The van der Waals surface area contributed by atoms with E-state index in [0.717, 1.165) is 10.0 Å². The monoisotopic (exact) mass is 374 g/mol. The van der Waals surface area contributed by atoms with Crippen LogP contribution in [0.15, 0.2) is 56.1 Å². The Morgan fingerprint density at radius 2 is 2.00 bits per heavy atom. The van der Waals surface area contributed by atoms with E-state index in [1.807, 2.05) is 25.1 Å². The van der Waals surface area contributed by atoms with Gasteiger partial charge in [-0.05, 0) is 49.7 Å². The molecule has 0 fully saturated rings. The number of carbonyl (C=O) groups excluding carboxylic acids is 1. The Balaban J connectivity index is 1.92. The summed E-state index contributed by atoms with van der Waals surface area (Å²) in [5, 5.41) is 2.86. The van der Waals surface area contributed by atoms with Crippen molar-refractivity contribution in [1.29, 1.82) is 0 Å². The minimum atomic E-state index is -0.686. The van der Waals surface area contributed by atoms with E-state index < -0.39 is 11.8 Å². The van der Waals surface area contributed by atoms with Crippen molar-refractivity contribution in [3.05, 3.63) is 63.1 Å². The predicted molar refractivity (Wildman–Crippen MR) is 92.7 cm³/mol. The van der Waals surface area contributed by atoms with Crippen LogP contribution in [0, 0.1) is 6.92 Å². The van der Waals surface area contributed by atoms with Gasteiger partial charge in [-0.1, -0.05) is 28.1 Å². The number of carbonyl (C=O) groups is 1. The summed E-state index contributed by atoms with van der Waals surface area (Å²) in [4.78, 5) is 24.6. The molecule has 1 unspecified atom stereocenters. The van der Waals surface area contributed by atoms with Crippen molar-refractivity contribution in [3.8, 4) is 0 Å². The van der Waals surface area contributed by atoms with Crippen molar-refractivity contribution in [2.45, 2.75) is 19.9 Å². The van der Waals surface area contributed by atoms with Crippen LogP contribution >= 0.6 is 15.9 Å². The zero-order valence-corrected chi connectivity index (χ0v) is 14.3. The number of nitrogens with zero attached hydrogens (tertiary/aromatic N) is 1. The molecule has 3 rings (SSSR count). The molecule has 118 valence electrons. The van der Waals surface area contributed by atoms with E-state index in [1.54, 1.807) is 31.2 Å². The third kappa shape index (κ3) is 2.94. The van der Waals surface area contributed by atoms with Crippen LogP contribution in [0.5, 0.6) is 0 Å². The fourth-order valence-corrected chi connectivity index (χ4v) is 2.95. The number of anilines is 1. The molecule has 1 N–H and O–H groups in total. The highest BCUT2D eigenvalue weighted by molar-refractivity contribution is 9.10. The zero-order chi connectivity index (χ0) is 16.6. The van der Waals surface area contributed by atoms with Crippen molar-refractivity contribution in [1.82, 2.24) is 4.57 Å². The molecule has 1 atom stereocenters. The molecule has 1 aromatic heterocycles. The van der Waals surface area contributed by atoms with Crippen LogP contribution in [-0.2, 0) is 4.79 Å². The average molecular weight is 375 g/mol. The van der Waals surface area contributed by atoms with Gasteiger partial charge in [0.15, 0.2) is 5.58 Å². The molecular weight excluding hydrogens is 360 g/mol. The second-order valence-corrected chi connectivity index (χ2v) is 6.25. The number of oxazole rings is 1. The predicted octanol–water partition coefficient (Wildman–Crippen LogP) is 3.87. The first kappa shape index (κ1) is 15.6. The van der Waals surface area contributed by atoms with Crippen molar-refractivity contribution >= 4 is 38.6 Å². The summed E-state index contributed by atoms with van der Waals surface area (Å²) in [5.74, 6) is -0.814. The minimum absolute atomic E-state index is 0.274. The van der Waals surface area contributed by atoms with Gasteiger partial charge in [-0.2, -0.15) is 0 Å². The summed E-state index contributed by atoms with van der Waals surface area (Å²) in [6, 6.07) is 12.0. The third-order valence-electron chi connectivity index (χ3n) is 3.73. The van der Waals surface area contributed by atoms with Crippen LogP contribution in [0.2, 0.25) is 0 Å². The van der Waals surface area contributed by atoms with Gasteiger partial charge in [0.1, 0.15) is 6.04 Å². The molecule has 0 aliphatic rings. The average Bonchev–Trinajstić information content (AvgIpc) is 2.85. The van der Waals surface area contributed by atoms with Gasteiger partial charge in [-0.3, -0.25) is 9.36 Å². The highest BCUT2D eigenvalue weighted by Crippen LogP contribution is 2.22. The number of halogens is 1. The van der Waals surface area contributed by atoms with Crippen LogP contribution < -0.4 is 11.1 Å². The largest absolute Gasteiger partial charge is 0.420 e. The summed E-state index contributed by atoms with van der Waals surface area (Å²) in [6.45, 7) is 3.58. The van der Waals surface area contributed by atoms with Gasteiger partial charge in [-0.15, -0.1) is 0 Å². The maximum absolute atomic E-state index is 12.5. The highest BCUT2D eigenvalue weighted by atomic mass is 79.9. The van der Waals surface area contributed by atoms with Crippen LogP contribution in [-0.4, -0.2) is 10.5 Å². The molecule has 1 amide bonds. The third-order valence-corrected chi connectivity index (χ3v) is 4.23. The fraction of sp³-hybridized carbons (Fsp3) is 0.176. The lowest BCUT2D eigenvalue weighted by Crippen LogP contribution is -2.29. The zero-order valence-electron chi connectivity index (χ0n) is 12.7. The topological polar surface area (TPSA) is 64.2 Å². The van der Waals surface area contributed by atoms with Crippen LogP contribution in [0.3, 0.4) is 0 Å². The molecule has 5 nitrogen and oxygen atoms in total. The minimum Gasteiger partial charge on any atom is -0.408 e. The molecule has 0 saturated carbocycles. The van der Waals surface area contributed by atoms with Crippen LogP contribution in [0.4, 0.5) is 5.69 Å². The van der Waals surface area contributed by atoms with E-state index in [9.17, 15) is 9.59 Å². The number of para-hydroxylation sites is 2. The van der Waals surface area contributed by atoms with Gasteiger partial charge in [0.05, 0.1) is 5.52 Å². The first-order chi connectivity index (χ1) is 11.0. The normalized spacial score (nSPS) is 12.3. The van der Waals surface area contributed by atoms with Crippen molar-refractivity contribution < 1.29 is 9.21 Å². The van der Waals surface area contributed by atoms with E-state index in [0.29, 0.717) is 16.8 Å². The molecular formula is C17H15BrN2O3. The molecule has 2 aromatic carbocycles. The van der Waals surface area contributed by atoms with E-state index in [-0.39, 0.29) is 5.91 Å². The van der Waals surface area contributed by atoms with E-state index >= 15 is 0 Å². The Kier molecular flexibility index (Phi) is 4.09. The number of nitrogens with one attached hydrogen (secondary N) is 1. The Bertz CT molecular complexity index is 942. The number of hydrogen-bond donors (Lipinski definition) is 1. The molecule has 0 spiro atoms. The molecule has 0 saturated heterocycles. The van der Waals surface area contributed by atoms with Gasteiger partial charge >= 0.3 is 5.76 Å². The number of rotatable bonds is 3. The molecule has 0 aliphatic heterocycles. The summed E-state index contributed by atoms with van der Waals surface area (Å²) in [7, 11) is 0. The maximum atomic E-state index is 12.5. The smallest absolute Gasteiger partial charge is 0.408 e. The number of benzene rings is 2. The summed E-state index contributed by atoms with van der Waals surface area (Å²) in [5.41, 5.74) is 2.72. The summed E-state index contributed by atoms with van der Waals surface area (Å²) < 4.78 is 7.48. The summed E-state index contributed by atoms with van der Waals surface area (Å²) >= 11 is 3.39. The van der Waals surface area contributed by atoms with Crippen LogP contribution in [0.1, 0.15) is 18.5 Å². The second kappa shape index (κ2) is 6.04. The standard InChI is InChI=1S/C17H15BrN2O3/c1-10-9-12(18)7-8-13(10)19-16(21)11(2)20-14-5-3-4-6-15(14)23-17(20)22/h3-9,11H,1-2H3,(H,19,21). The number of aryl methyl sites for hydroxylation is 1. The lowest BCUT2D eigenvalue weighted by molar-refractivity contribution is -0.118. The number of aromatic nitrogens is 1. The molecule has 0 bridgehead atoms. The Labute approximate surface area is 141 Å². The summed E-state index contributed by atoms with van der Waals surface area (Å²) in [6.07, 6.45) is 0. The van der Waals surface area contributed by atoms with Gasteiger partial charge < -0.3 is 9.73 Å². The van der Waals surface area contributed by atoms with Gasteiger partial charge in [0, 0.05) is 10.2 Å². The van der Waals surface area contributed by atoms with E-state index in [4.69, 9.17) is 4.42 Å². The highest BCUT2D eigenvalue weighted by Gasteiger charge is 2.21. The Hall–Kier alpha value is -2.34. The van der Waals surface area contributed by atoms with Crippen molar-refractivity contribution in [2.75, 3.05) is 5.32 Å². The molecule has 3 aromatic rings. The van der Waals surface area contributed by atoms with Gasteiger partial charge in [0.2, 0.25) is 5.91 Å². The fourth-order valence-electron chi connectivity index (χ4n) is 2.47.